The number of carbonyl (C=O) groups is 1. The van der Waals surface area contributed by atoms with Crippen LogP contribution in [0.5, 0.6) is 0 Å². The lowest BCUT2D eigenvalue weighted by Gasteiger charge is -2.44. The smallest absolute Gasteiger partial charge is 0.242 e. The summed E-state index contributed by atoms with van der Waals surface area (Å²) in [6.45, 7) is 7.54. The molecule has 4 atom stereocenters. The minimum atomic E-state index is -0.580. The van der Waals surface area contributed by atoms with E-state index in [9.17, 15) is 4.79 Å². The van der Waals surface area contributed by atoms with Crippen molar-refractivity contribution in [1.82, 2.24) is 4.90 Å². The van der Waals surface area contributed by atoms with Crippen molar-refractivity contribution in [1.29, 1.82) is 0 Å². The van der Waals surface area contributed by atoms with Gasteiger partial charge in [0.05, 0.1) is 5.54 Å². The van der Waals surface area contributed by atoms with Crippen molar-refractivity contribution in [3.8, 4) is 0 Å². The van der Waals surface area contributed by atoms with Gasteiger partial charge in [0.25, 0.3) is 0 Å². The zero-order valence-corrected chi connectivity index (χ0v) is 12.1. The van der Waals surface area contributed by atoms with E-state index >= 15 is 0 Å². The van der Waals surface area contributed by atoms with Crippen LogP contribution in [0.2, 0.25) is 0 Å². The number of carbonyl (C=O) groups excluding carboxylic acids is 1. The summed E-state index contributed by atoms with van der Waals surface area (Å²) in [4.78, 5) is 14.8. The molecule has 18 heavy (non-hydrogen) atoms. The van der Waals surface area contributed by atoms with Gasteiger partial charge in [-0.1, -0.05) is 26.7 Å². The van der Waals surface area contributed by atoms with E-state index in [1.807, 2.05) is 0 Å². The number of nitrogens with zero attached hydrogens (tertiary/aromatic N) is 1. The third kappa shape index (κ3) is 2.56. The van der Waals surface area contributed by atoms with Crippen LogP contribution in [0.3, 0.4) is 0 Å². The summed E-state index contributed by atoms with van der Waals surface area (Å²) in [5, 5.41) is 0. The average molecular weight is 252 g/mol. The highest BCUT2D eigenvalue weighted by Gasteiger charge is 2.42. The molecule has 3 nitrogen and oxygen atoms in total. The summed E-state index contributed by atoms with van der Waals surface area (Å²) in [6, 6.07) is 0.351. The lowest BCUT2D eigenvalue weighted by Crippen LogP contribution is -2.61. The van der Waals surface area contributed by atoms with E-state index in [-0.39, 0.29) is 5.91 Å². The quantitative estimate of drug-likeness (QED) is 0.779. The Hall–Kier alpha value is -0.570. The van der Waals surface area contributed by atoms with Crippen LogP contribution >= 0.6 is 0 Å². The van der Waals surface area contributed by atoms with E-state index in [4.69, 9.17) is 5.73 Å². The number of hydrogen-bond donors (Lipinski definition) is 1. The molecule has 1 saturated carbocycles. The molecule has 0 spiro atoms. The van der Waals surface area contributed by atoms with Crippen LogP contribution in [-0.4, -0.2) is 28.9 Å². The summed E-state index contributed by atoms with van der Waals surface area (Å²) in [5.41, 5.74) is 5.86. The van der Waals surface area contributed by atoms with Gasteiger partial charge in [-0.05, 0) is 44.4 Å². The van der Waals surface area contributed by atoms with Gasteiger partial charge in [-0.25, -0.2) is 0 Å². The fourth-order valence-electron chi connectivity index (χ4n) is 3.69. The Morgan fingerprint density at radius 1 is 1.22 bits per heavy atom. The molecule has 1 aliphatic carbocycles. The molecule has 1 amide bonds. The molecule has 0 radical (unpaired) electrons. The third-order valence-corrected chi connectivity index (χ3v) is 5.09. The number of nitrogens with two attached hydrogens (primary N) is 1. The lowest BCUT2D eigenvalue weighted by atomic mass is 9.75. The number of rotatable bonds is 1. The van der Waals surface area contributed by atoms with Crippen LogP contribution in [-0.2, 0) is 4.79 Å². The van der Waals surface area contributed by atoms with E-state index < -0.39 is 5.54 Å². The van der Waals surface area contributed by atoms with Gasteiger partial charge >= 0.3 is 0 Å². The number of piperidine rings is 1. The molecule has 2 aliphatic rings. The van der Waals surface area contributed by atoms with E-state index in [2.05, 4.69) is 25.7 Å². The van der Waals surface area contributed by atoms with Gasteiger partial charge in [0, 0.05) is 12.6 Å². The predicted molar refractivity (Wildman–Crippen MR) is 74.1 cm³/mol. The monoisotopic (exact) mass is 252 g/mol. The molecule has 0 aromatic heterocycles. The van der Waals surface area contributed by atoms with Gasteiger partial charge in [0.2, 0.25) is 5.91 Å². The number of hydrogen-bond acceptors (Lipinski definition) is 2. The lowest BCUT2D eigenvalue weighted by molar-refractivity contribution is -0.143. The minimum Gasteiger partial charge on any atom is -0.338 e. The zero-order valence-electron chi connectivity index (χ0n) is 12.1. The molecule has 104 valence electrons. The molecule has 0 aromatic rings. The van der Waals surface area contributed by atoms with Gasteiger partial charge in [-0.3, -0.25) is 4.79 Å². The second-order valence-corrected chi connectivity index (χ2v) is 6.72. The van der Waals surface area contributed by atoms with Crippen LogP contribution in [0.1, 0.15) is 59.3 Å². The second kappa shape index (κ2) is 5.20. The fraction of sp³-hybridized carbons (Fsp3) is 0.933. The predicted octanol–water partition coefficient (Wildman–Crippen LogP) is 2.54. The SMILES string of the molecule is CC1CCCC(N)(C(=O)N2CCCC(C)C2C)C1. The topological polar surface area (TPSA) is 46.3 Å². The Balaban J connectivity index is 2.09. The van der Waals surface area contributed by atoms with Crippen molar-refractivity contribution >= 4 is 5.91 Å². The molecular formula is C15H28N2O. The highest BCUT2D eigenvalue weighted by molar-refractivity contribution is 5.86. The van der Waals surface area contributed by atoms with Gasteiger partial charge in [0.15, 0.2) is 0 Å². The summed E-state index contributed by atoms with van der Waals surface area (Å²) in [6.07, 6.45) is 6.42. The van der Waals surface area contributed by atoms with Gasteiger partial charge in [-0.2, -0.15) is 0 Å². The maximum absolute atomic E-state index is 12.8. The van der Waals surface area contributed by atoms with E-state index in [1.54, 1.807) is 0 Å². The molecule has 2 fully saturated rings. The molecule has 3 heteroatoms. The first kappa shape index (κ1) is 13.9. The molecule has 2 N–H and O–H groups in total. The van der Waals surface area contributed by atoms with Gasteiger partial charge in [0.1, 0.15) is 0 Å². The van der Waals surface area contributed by atoms with Crippen LogP contribution in [0.15, 0.2) is 0 Å². The van der Waals surface area contributed by atoms with E-state index in [1.165, 1.54) is 12.8 Å². The van der Waals surface area contributed by atoms with E-state index in [0.717, 1.165) is 32.2 Å². The maximum atomic E-state index is 12.8. The molecule has 1 saturated heterocycles. The standard InChI is InChI=1S/C15H28N2O/c1-11-6-4-8-15(16,10-11)14(18)17-9-5-7-12(2)13(17)3/h11-13H,4-10,16H2,1-3H3. The normalized spacial score (nSPS) is 41.8. The maximum Gasteiger partial charge on any atom is 0.242 e. The molecule has 0 bridgehead atoms. The zero-order chi connectivity index (χ0) is 13.3. The van der Waals surface area contributed by atoms with Crippen molar-refractivity contribution in [2.45, 2.75) is 70.9 Å². The van der Waals surface area contributed by atoms with Crippen LogP contribution in [0, 0.1) is 11.8 Å². The summed E-state index contributed by atoms with van der Waals surface area (Å²) >= 11 is 0. The molecular weight excluding hydrogens is 224 g/mol. The molecule has 1 heterocycles. The summed E-state index contributed by atoms with van der Waals surface area (Å²) in [7, 11) is 0. The van der Waals surface area contributed by atoms with Gasteiger partial charge in [-0.15, -0.1) is 0 Å². The molecule has 1 aliphatic heterocycles. The van der Waals surface area contributed by atoms with Gasteiger partial charge < -0.3 is 10.6 Å². The molecule has 0 aromatic carbocycles. The third-order valence-electron chi connectivity index (χ3n) is 5.09. The Morgan fingerprint density at radius 3 is 2.61 bits per heavy atom. The Kier molecular flexibility index (Phi) is 4.00. The average Bonchev–Trinajstić information content (AvgIpc) is 2.31. The molecule has 2 rings (SSSR count). The summed E-state index contributed by atoms with van der Waals surface area (Å²) in [5.74, 6) is 1.41. The van der Waals surface area contributed by atoms with Crippen LogP contribution < -0.4 is 5.73 Å². The highest BCUT2D eigenvalue weighted by Crippen LogP contribution is 2.34. The molecule has 4 unspecified atom stereocenters. The van der Waals surface area contributed by atoms with E-state index in [0.29, 0.717) is 17.9 Å². The fourth-order valence-corrected chi connectivity index (χ4v) is 3.69. The first-order chi connectivity index (χ1) is 8.44. The highest BCUT2D eigenvalue weighted by atomic mass is 16.2. The van der Waals surface area contributed by atoms with Crippen molar-refractivity contribution in [2.24, 2.45) is 17.6 Å². The largest absolute Gasteiger partial charge is 0.338 e. The Morgan fingerprint density at radius 2 is 1.94 bits per heavy atom. The van der Waals surface area contributed by atoms with Crippen molar-refractivity contribution in [2.75, 3.05) is 6.54 Å². The first-order valence-corrected chi connectivity index (χ1v) is 7.54. The van der Waals surface area contributed by atoms with Crippen LogP contribution in [0.25, 0.3) is 0 Å². The number of amides is 1. The second-order valence-electron chi connectivity index (χ2n) is 6.72. The minimum absolute atomic E-state index is 0.216. The number of likely N-dealkylation sites (tertiary alicyclic amines) is 1. The Bertz CT molecular complexity index is 318. The van der Waals surface area contributed by atoms with Crippen LogP contribution in [0.4, 0.5) is 0 Å². The summed E-state index contributed by atoms with van der Waals surface area (Å²) < 4.78 is 0. The Labute approximate surface area is 111 Å². The van der Waals surface area contributed by atoms with Crippen molar-refractivity contribution in [3.63, 3.8) is 0 Å². The van der Waals surface area contributed by atoms with Crippen molar-refractivity contribution in [3.05, 3.63) is 0 Å². The van der Waals surface area contributed by atoms with Crippen molar-refractivity contribution < 1.29 is 4.79 Å². The first-order valence-electron chi connectivity index (χ1n) is 7.54.